The number of hydrogen-bond donors (Lipinski definition) is 2. The third-order valence-corrected chi connectivity index (χ3v) is 4.96. The molecule has 0 fully saturated rings. The Bertz CT molecular complexity index is 328. The van der Waals surface area contributed by atoms with Crippen molar-refractivity contribution < 1.29 is 5.11 Å². The van der Waals surface area contributed by atoms with Crippen LogP contribution < -0.4 is 5.32 Å². The molecule has 1 rings (SSSR count). The summed E-state index contributed by atoms with van der Waals surface area (Å²) < 4.78 is 0. The van der Waals surface area contributed by atoms with Gasteiger partial charge in [-0.3, -0.25) is 0 Å². The molecule has 3 heteroatoms. The second-order valence-corrected chi connectivity index (χ2v) is 7.19. The zero-order valence-corrected chi connectivity index (χ0v) is 15.9. The molecule has 140 valence electrons. The van der Waals surface area contributed by atoms with Crippen LogP contribution in [-0.4, -0.2) is 22.4 Å². The Morgan fingerprint density at radius 2 is 1.46 bits per heavy atom. The van der Waals surface area contributed by atoms with E-state index in [1.165, 1.54) is 83.5 Å². The molecule has 0 aromatic rings. The summed E-state index contributed by atoms with van der Waals surface area (Å²) in [6, 6.07) is 0. The van der Waals surface area contributed by atoms with Crippen molar-refractivity contribution in [3.05, 3.63) is 25.1 Å². The Morgan fingerprint density at radius 1 is 0.958 bits per heavy atom. The van der Waals surface area contributed by atoms with Gasteiger partial charge in [-0.1, -0.05) is 70.3 Å². The van der Waals surface area contributed by atoms with E-state index in [1.807, 2.05) is 30.3 Å². The summed E-state index contributed by atoms with van der Waals surface area (Å²) in [6.45, 7) is 5.59. The van der Waals surface area contributed by atoms with Crippen LogP contribution in [0, 0.1) is 0 Å². The summed E-state index contributed by atoms with van der Waals surface area (Å²) in [6.07, 6.45) is 24.6. The summed E-state index contributed by atoms with van der Waals surface area (Å²) in [5.41, 5.74) is 0. The SMILES string of the molecule is C=CCCCCCCCCCCCCCCC1NC=CN1C(C)O. The van der Waals surface area contributed by atoms with Crippen molar-refractivity contribution in [2.45, 2.75) is 109 Å². The number of allylic oxidation sites excluding steroid dienone is 1. The van der Waals surface area contributed by atoms with Crippen LogP contribution in [0.2, 0.25) is 0 Å². The lowest BCUT2D eigenvalue weighted by molar-refractivity contribution is 0.0254. The summed E-state index contributed by atoms with van der Waals surface area (Å²) in [4.78, 5) is 2.00. The summed E-state index contributed by atoms with van der Waals surface area (Å²) in [7, 11) is 0. The van der Waals surface area contributed by atoms with Gasteiger partial charge < -0.3 is 15.3 Å². The fraction of sp³-hybridized carbons (Fsp3) is 0.810. The highest BCUT2D eigenvalue weighted by molar-refractivity contribution is 4.94. The highest BCUT2D eigenvalue weighted by Crippen LogP contribution is 2.16. The van der Waals surface area contributed by atoms with E-state index in [-0.39, 0.29) is 6.17 Å². The van der Waals surface area contributed by atoms with E-state index in [9.17, 15) is 5.11 Å². The molecule has 2 atom stereocenters. The van der Waals surface area contributed by atoms with E-state index >= 15 is 0 Å². The van der Waals surface area contributed by atoms with Gasteiger partial charge >= 0.3 is 0 Å². The Kier molecular flexibility index (Phi) is 12.6. The molecule has 0 aliphatic carbocycles. The average Bonchev–Trinajstić information content (AvgIpc) is 3.04. The molecule has 1 aliphatic rings. The van der Waals surface area contributed by atoms with Crippen LogP contribution in [0.4, 0.5) is 0 Å². The number of aliphatic hydroxyl groups excluding tert-OH is 1. The lowest BCUT2D eigenvalue weighted by atomic mass is 10.0. The molecule has 1 aliphatic heterocycles. The predicted molar refractivity (Wildman–Crippen MR) is 104 cm³/mol. The molecule has 0 aromatic carbocycles. The van der Waals surface area contributed by atoms with Crippen molar-refractivity contribution in [1.29, 1.82) is 0 Å². The van der Waals surface area contributed by atoms with Crippen molar-refractivity contribution in [1.82, 2.24) is 10.2 Å². The molecule has 1 heterocycles. The maximum atomic E-state index is 9.67. The normalized spacial score (nSPS) is 17.9. The Labute approximate surface area is 150 Å². The third kappa shape index (κ3) is 10.0. The number of nitrogens with zero attached hydrogens (tertiary/aromatic N) is 1. The van der Waals surface area contributed by atoms with E-state index in [1.54, 1.807) is 0 Å². The number of hydrogen-bond acceptors (Lipinski definition) is 3. The van der Waals surface area contributed by atoms with Gasteiger partial charge in [-0.05, 0) is 32.6 Å². The second kappa shape index (κ2) is 14.4. The van der Waals surface area contributed by atoms with E-state index in [0.717, 1.165) is 6.42 Å². The van der Waals surface area contributed by atoms with Crippen LogP contribution >= 0.6 is 0 Å². The van der Waals surface area contributed by atoms with Crippen LogP contribution in [0.3, 0.4) is 0 Å². The van der Waals surface area contributed by atoms with Gasteiger partial charge in [0.2, 0.25) is 0 Å². The highest BCUT2D eigenvalue weighted by atomic mass is 16.3. The maximum Gasteiger partial charge on any atom is 0.125 e. The van der Waals surface area contributed by atoms with Crippen molar-refractivity contribution in [2.24, 2.45) is 0 Å². The average molecular weight is 337 g/mol. The zero-order chi connectivity index (χ0) is 17.5. The first-order valence-electron chi connectivity index (χ1n) is 10.2. The monoisotopic (exact) mass is 336 g/mol. The quantitative estimate of drug-likeness (QED) is 0.281. The molecular weight excluding hydrogens is 296 g/mol. The van der Waals surface area contributed by atoms with E-state index in [2.05, 4.69) is 11.9 Å². The molecule has 24 heavy (non-hydrogen) atoms. The fourth-order valence-electron chi connectivity index (χ4n) is 3.44. The lowest BCUT2D eigenvalue weighted by Crippen LogP contribution is -2.40. The van der Waals surface area contributed by atoms with Gasteiger partial charge in [0, 0.05) is 12.4 Å². The van der Waals surface area contributed by atoms with Gasteiger partial charge in [-0.2, -0.15) is 0 Å². The minimum absolute atomic E-state index is 0.288. The molecule has 0 saturated heterocycles. The molecular formula is C21H40N2O. The smallest absolute Gasteiger partial charge is 0.125 e. The second-order valence-electron chi connectivity index (χ2n) is 7.19. The van der Waals surface area contributed by atoms with Crippen molar-refractivity contribution in [3.8, 4) is 0 Å². The van der Waals surface area contributed by atoms with Crippen LogP contribution in [0.25, 0.3) is 0 Å². The topological polar surface area (TPSA) is 35.5 Å². The van der Waals surface area contributed by atoms with Gasteiger partial charge in [0.05, 0.1) is 0 Å². The molecule has 0 radical (unpaired) electrons. The molecule has 0 saturated carbocycles. The van der Waals surface area contributed by atoms with Crippen LogP contribution in [0.15, 0.2) is 25.1 Å². The van der Waals surface area contributed by atoms with E-state index < -0.39 is 6.23 Å². The van der Waals surface area contributed by atoms with Gasteiger partial charge in [-0.15, -0.1) is 6.58 Å². The number of aliphatic hydroxyl groups is 1. The zero-order valence-electron chi connectivity index (χ0n) is 15.9. The Morgan fingerprint density at radius 3 is 1.96 bits per heavy atom. The number of nitrogens with one attached hydrogen (secondary N) is 1. The summed E-state index contributed by atoms with van der Waals surface area (Å²) in [5.74, 6) is 0. The minimum atomic E-state index is -0.400. The van der Waals surface area contributed by atoms with Crippen LogP contribution in [-0.2, 0) is 0 Å². The van der Waals surface area contributed by atoms with Gasteiger partial charge in [0.1, 0.15) is 12.4 Å². The van der Waals surface area contributed by atoms with Gasteiger partial charge in [-0.25, -0.2) is 0 Å². The number of unbranched alkanes of at least 4 members (excludes halogenated alkanes) is 12. The van der Waals surface area contributed by atoms with Crippen molar-refractivity contribution in [2.75, 3.05) is 0 Å². The molecule has 0 bridgehead atoms. The highest BCUT2D eigenvalue weighted by Gasteiger charge is 2.20. The predicted octanol–water partition coefficient (Wildman–Crippen LogP) is 5.67. The third-order valence-electron chi connectivity index (χ3n) is 4.96. The standard InChI is InChI=1S/C21H40N2O/c1-3-4-5-6-7-8-9-10-11-12-13-14-15-16-17-21-22-18-19-23(21)20(2)24/h3,18-22,24H,1,4-17H2,2H3. The fourth-order valence-corrected chi connectivity index (χ4v) is 3.44. The Balaban J connectivity index is 1.79. The minimum Gasteiger partial charge on any atom is -0.374 e. The summed E-state index contributed by atoms with van der Waals surface area (Å²) >= 11 is 0. The number of rotatable bonds is 16. The Hall–Kier alpha value is -0.960. The molecule has 0 spiro atoms. The van der Waals surface area contributed by atoms with E-state index in [0.29, 0.717) is 0 Å². The van der Waals surface area contributed by atoms with Crippen LogP contribution in [0.5, 0.6) is 0 Å². The van der Waals surface area contributed by atoms with Gasteiger partial charge in [0.15, 0.2) is 0 Å². The molecule has 0 aromatic heterocycles. The van der Waals surface area contributed by atoms with Crippen LogP contribution in [0.1, 0.15) is 96.8 Å². The van der Waals surface area contributed by atoms with Crippen molar-refractivity contribution in [3.63, 3.8) is 0 Å². The first-order valence-corrected chi connectivity index (χ1v) is 10.2. The molecule has 3 nitrogen and oxygen atoms in total. The molecule has 2 unspecified atom stereocenters. The van der Waals surface area contributed by atoms with Gasteiger partial charge in [0.25, 0.3) is 0 Å². The van der Waals surface area contributed by atoms with Crippen molar-refractivity contribution >= 4 is 0 Å². The molecule has 0 amide bonds. The molecule has 2 N–H and O–H groups in total. The maximum absolute atomic E-state index is 9.67. The first-order chi connectivity index (χ1) is 11.8. The largest absolute Gasteiger partial charge is 0.374 e. The first kappa shape index (κ1) is 21.1. The lowest BCUT2D eigenvalue weighted by Gasteiger charge is -2.28. The summed E-state index contributed by atoms with van der Waals surface area (Å²) in [5, 5.41) is 13.0. The van der Waals surface area contributed by atoms with E-state index in [4.69, 9.17) is 0 Å².